The molecule has 2 fully saturated rings. The van der Waals surface area contributed by atoms with Gasteiger partial charge in [0.1, 0.15) is 0 Å². The summed E-state index contributed by atoms with van der Waals surface area (Å²) < 4.78 is 10.3. The molecule has 2 saturated heterocycles. The van der Waals surface area contributed by atoms with Crippen molar-refractivity contribution in [1.82, 2.24) is 9.80 Å². The third-order valence-corrected chi connectivity index (χ3v) is 4.37. The molecule has 0 spiro atoms. The maximum Gasteiger partial charge on any atom is 0.320 e. The average Bonchev–Trinajstić information content (AvgIpc) is 2.53. The number of piperidine rings is 1. The van der Waals surface area contributed by atoms with Gasteiger partial charge in [-0.3, -0.25) is 4.79 Å². The molecule has 2 aliphatic rings. The van der Waals surface area contributed by atoms with Crippen molar-refractivity contribution in [1.29, 1.82) is 0 Å². The molecular formula is C14H24N2O5. The van der Waals surface area contributed by atoms with Crippen LogP contribution in [0.5, 0.6) is 0 Å². The van der Waals surface area contributed by atoms with E-state index in [9.17, 15) is 14.7 Å². The summed E-state index contributed by atoms with van der Waals surface area (Å²) in [6.07, 6.45) is 1.75. The summed E-state index contributed by atoms with van der Waals surface area (Å²) in [4.78, 5) is 27.6. The first-order valence-corrected chi connectivity index (χ1v) is 7.43. The number of carboxylic acid groups (broad SMARTS) is 1. The Morgan fingerprint density at radius 2 is 1.95 bits per heavy atom. The summed E-state index contributed by atoms with van der Waals surface area (Å²) in [6, 6.07) is -0.0685. The molecule has 21 heavy (non-hydrogen) atoms. The minimum absolute atomic E-state index is 0.0685. The van der Waals surface area contributed by atoms with E-state index in [1.54, 1.807) is 16.9 Å². The van der Waals surface area contributed by atoms with Gasteiger partial charge in [0, 0.05) is 39.9 Å². The van der Waals surface area contributed by atoms with Gasteiger partial charge in [0.15, 0.2) is 0 Å². The number of hydrogen-bond acceptors (Lipinski definition) is 4. The number of morpholine rings is 1. The Hall–Kier alpha value is -1.34. The number of carbonyl (C=O) groups excluding carboxylic acids is 1. The monoisotopic (exact) mass is 300 g/mol. The van der Waals surface area contributed by atoms with Crippen molar-refractivity contribution >= 4 is 12.0 Å². The van der Waals surface area contributed by atoms with Crippen LogP contribution in [0.1, 0.15) is 19.3 Å². The SMILES string of the molecule is COCCC1(C(=O)O)CCCN(C(=O)N2CCOCC2)C1. The van der Waals surface area contributed by atoms with Gasteiger partial charge in [-0.1, -0.05) is 0 Å². The largest absolute Gasteiger partial charge is 0.481 e. The van der Waals surface area contributed by atoms with E-state index >= 15 is 0 Å². The van der Waals surface area contributed by atoms with E-state index in [1.807, 2.05) is 0 Å². The van der Waals surface area contributed by atoms with Crippen molar-refractivity contribution in [3.63, 3.8) is 0 Å². The Bertz CT molecular complexity index is 384. The zero-order valence-electron chi connectivity index (χ0n) is 12.5. The highest BCUT2D eigenvalue weighted by atomic mass is 16.5. The summed E-state index contributed by atoms with van der Waals surface area (Å²) in [7, 11) is 1.56. The molecule has 2 rings (SSSR count). The summed E-state index contributed by atoms with van der Waals surface area (Å²) in [5, 5.41) is 9.60. The third-order valence-electron chi connectivity index (χ3n) is 4.37. The van der Waals surface area contributed by atoms with Gasteiger partial charge < -0.3 is 24.4 Å². The van der Waals surface area contributed by atoms with E-state index in [1.165, 1.54) is 0 Å². The van der Waals surface area contributed by atoms with Crippen molar-refractivity contribution in [3.8, 4) is 0 Å². The van der Waals surface area contributed by atoms with Crippen LogP contribution < -0.4 is 0 Å². The molecule has 2 amide bonds. The molecule has 1 unspecified atom stereocenters. The molecule has 0 aliphatic carbocycles. The molecule has 1 atom stereocenters. The lowest BCUT2D eigenvalue weighted by atomic mass is 9.77. The molecule has 0 saturated carbocycles. The van der Waals surface area contributed by atoms with Crippen molar-refractivity contribution in [2.45, 2.75) is 19.3 Å². The second kappa shape index (κ2) is 7.09. The van der Waals surface area contributed by atoms with E-state index in [-0.39, 0.29) is 12.6 Å². The fourth-order valence-electron chi connectivity index (χ4n) is 3.03. The predicted octanol–water partition coefficient (Wildman–Crippen LogP) is 0.642. The van der Waals surface area contributed by atoms with Crippen molar-refractivity contribution in [2.75, 3.05) is 53.1 Å². The fraction of sp³-hybridized carbons (Fsp3) is 0.857. The van der Waals surface area contributed by atoms with Gasteiger partial charge in [-0.2, -0.15) is 0 Å². The lowest BCUT2D eigenvalue weighted by Crippen LogP contribution is -2.55. The second-order valence-corrected chi connectivity index (χ2v) is 5.74. The lowest BCUT2D eigenvalue weighted by Gasteiger charge is -2.42. The van der Waals surface area contributed by atoms with Crippen LogP contribution in [-0.4, -0.2) is 80.0 Å². The molecule has 7 nitrogen and oxygen atoms in total. The van der Waals surface area contributed by atoms with Crippen molar-refractivity contribution in [2.24, 2.45) is 5.41 Å². The number of hydrogen-bond donors (Lipinski definition) is 1. The van der Waals surface area contributed by atoms with Gasteiger partial charge in [0.2, 0.25) is 0 Å². The average molecular weight is 300 g/mol. The van der Waals surface area contributed by atoms with Gasteiger partial charge in [-0.15, -0.1) is 0 Å². The smallest absolute Gasteiger partial charge is 0.320 e. The molecule has 2 aliphatic heterocycles. The third kappa shape index (κ3) is 3.65. The Morgan fingerprint density at radius 3 is 2.57 bits per heavy atom. The number of ether oxygens (including phenoxy) is 2. The number of aliphatic carboxylic acids is 1. The van der Waals surface area contributed by atoms with Crippen LogP contribution >= 0.6 is 0 Å². The van der Waals surface area contributed by atoms with Crippen LogP contribution in [0.2, 0.25) is 0 Å². The fourth-order valence-corrected chi connectivity index (χ4v) is 3.03. The van der Waals surface area contributed by atoms with Crippen LogP contribution in [0.15, 0.2) is 0 Å². The number of carbonyl (C=O) groups is 2. The first kappa shape index (κ1) is 16.0. The number of likely N-dealkylation sites (tertiary alicyclic amines) is 1. The van der Waals surface area contributed by atoms with E-state index < -0.39 is 11.4 Å². The van der Waals surface area contributed by atoms with Crippen LogP contribution in [0.4, 0.5) is 4.79 Å². The molecule has 0 aromatic carbocycles. The summed E-state index contributed by atoms with van der Waals surface area (Å²) in [6.45, 7) is 3.54. The van der Waals surface area contributed by atoms with Gasteiger partial charge in [-0.05, 0) is 19.3 Å². The van der Waals surface area contributed by atoms with Gasteiger partial charge in [-0.25, -0.2) is 4.79 Å². The van der Waals surface area contributed by atoms with Gasteiger partial charge >= 0.3 is 12.0 Å². The quantitative estimate of drug-likeness (QED) is 0.824. The van der Waals surface area contributed by atoms with E-state index in [0.717, 1.165) is 0 Å². The molecule has 0 aromatic rings. The number of amides is 2. The molecular weight excluding hydrogens is 276 g/mol. The molecule has 7 heteroatoms. The Morgan fingerprint density at radius 1 is 1.24 bits per heavy atom. The Balaban J connectivity index is 2.03. The molecule has 0 radical (unpaired) electrons. The summed E-state index contributed by atoms with van der Waals surface area (Å²) >= 11 is 0. The summed E-state index contributed by atoms with van der Waals surface area (Å²) in [5.41, 5.74) is -0.879. The summed E-state index contributed by atoms with van der Waals surface area (Å²) in [5.74, 6) is -0.834. The van der Waals surface area contributed by atoms with Crippen LogP contribution in [0, 0.1) is 5.41 Å². The molecule has 2 heterocycles. The normalized spacial score (nSPS) is 26.7. The topological polar surface area (TPSA) is 79.3 Å². The van der Waals surface area contributed by atoms with Crippen LogP contribution in [-0.2, 0) is 14.3 Å². The number of carboxylic acids is 1. The molecule has 1 N–H and O–H groups in total. The minimum Gasteiger partial charge on any atom is -0.481 e. The zero-order valence-corrected chi connectivity index (χ0v) is 12.5. The minimum atomic E-state index is -0.879. The second-order valence-electron chi connectivity index (χ2n) is 5.74. The highest BCUT2D eigenvalue weighted by Crippen LogP contribution is 2.34. The van der Waals surface area contributed by atoms with Gasteiger partial charge in [0.25, 0.3) is 0 Å². The first-order chi connectivity index (χ1) is 10.1. The van der Waals surface area contributed by atoms with Crippen molar-refractivity contribution < 1.29 is 24.2 Å². The first-order valence-electron chi connectivity index (χ1n) is 7.43. The number of rotatable bonds is 4. The van der Waals surface area contributed by atoms with Crippen LogP contribution in [0.25, 0.3) is 0 Å². The number of nitrogens with zero attached hydrogens (tertiary/aromatic N) is 2. The molecule has 0 aromatic heterocycles. The highest BCUT2D eigenvalue weighted by Gasteiger charge is 2.44. The van der Waals surface area contributed by atoms with E-state index in [4.69, 9.17) is 9.47 Å². The maximum atomic E-state index is 12.5. The van der Waals surface area contributed by atoms with Crippen LogP contribution in [0.3, 0.4) is 0 Å². The van der Waals surface area contributed by atoms with Crippen molar-refractivity contribution in [3.05, 3.63) is 0 Å². The zero-order chi connectivity index (χ0) is 15.3. The Labute approximate surface area is 124 Å². The maximum absolute atomic E-state index is 12.5. The lowest BCUT2D eigenvalue weighted by molar-refractivity contribution is -0.153. The number of urea groups is 1. The standard InChI is InChI=1S/C14H24N2O5/c1-20-8-4-14(12(17)18)3-2-5-16(11-14)13(19)15-6-9-21-10-7-15/h2-11H2,1H3,(H,17,18). The van der Waals surface area contributed by atoms with E-state index in [2.05, 4.69) is 0 Å². The number of methoxy groups -OCH3 is 1. The predicted molar refractivity (Wildman–Crippen MR) is 75.2 cm³/mol. The highest BCUT2D eigenvalue weighted by molar-refractivity contribution is 5.79. The Kier molecular flexibility index (Phi) is 5.41. The molecule has 0 bridgehead atoms. The van der Waals surface area contributed by atoms with Gasteiger partial charge in [0.05, 0.1) is 18.6 Å². The van der Waals surface area contributed by atoms with E-state index in [0.29, 0.717) is 58.7 Å². The molecule has 120 valence electrons.